The molecule has 0 aromatic heterocycles. The van der Waals surface area contributed by atoms with Crippen LogP contribution in [0.15, 0.2) is 18.3 Å². The van der Waals surface area contributed by atoms with Crippen molar-refractivity contribution in [2.75, 3.05) is 7.11 Å². The Bertz CT molecular complexity index is 411. The zero-order valence-electron chi connectivity index (χ0n) is 8.98. The lowest BCUT2D eigenvalue weighted by atomic mass is 10.0. The first-order valence-electron chi connectivity index (χ1n) is 4.51. The molecule has 0 aliphatic rings. The third-order valence-electron chi connectivity index (χ3n) is 2.16. The predicted octanol–water partition coefficient (Wildman–Crippen LogP) is 2.56. The van der Waals surface area contributed by atoms with E-state index in [2.05, 4.69) is 0 Å². The van der Waals surface area contributed by atoms with Crippen molar-refractivity contribution in [1.29, 1.82) is 0 Å². The van der Waals surface area contributed by atoms with Crippen LogP contribution in [0.2, 0.25) is 0 Å². The molecule has 1 rings (SSSR count). The Morgan fingerprint density at radius 3 is 2.53 bits per heavy atom. The van der Waals surface area contributed by atoms with Gasteiger partial charge < -0.3 is 4.74 Å². The maximum atomic E-state index is 10.2. The number of aryl methyl sites for hydroxylation is 2. The number of rotatable bonds is 3. The molecule has 0 spiro atoms. The molecule has 4 heteroatoms. The Hall–Kier alpha value is -1.84. The van der Waals surface area contributed by atoms with Crippen molar-refractivity contribution < 1.29 is 9.66 Å². The Morgan fingerprint density at radius 1 is 1.33 bits per heavy atom. The standard InChI is InChI=1S/C11H13NO3/c1-8-7-11(15-3)9(2)6-10(8)4-5-12(13)14/h4-7H,1-3H3. The largest absolute Gasteiger partial charge is 0.496 e. The molecule has 0 aliphatic carbocycles. The topological polar surface area (TPSA) is 52.4 Å². The van der Waals surface area contributed by atoms with Gasteiger partial charge in [0.2, 0.25) is 6.20 Å². The van der Waals surface area contributed by atoms with Crippen molar-refractivity contribution in [3.63, 3.8) is 0 Å². The van der Waals surface area contributed by atoms with Gasteiger partial charge in [0.25, 0.3) is 0 Å². The highest BCUT2D eigenvalue weighted by Gasteiger charge is 2.03. The number of nitro groups is 1. The Kier molecular flexibility index (Phi) is 3.44. The van der Waals surface area contributed by atoms with Crippen LogP contribution in [-0.2, 0) is 0 Å². The van der Waals surface area contributed by atoms with Crippen LogP contribution in [-0.4, -0.2) is 12.0 Å². The summed E-state index contributed by atoms with van der Waals surface area (Å²) in [6, 6.07) is 3.74. The molecular weight excluding hydrogens is 194 g/mol. The molecule has 0 unspecified atom stereocenters. The second-order valence-electron chi connectivity index (χ2n) is 3.28. The minimum atomic E-state index is -0.473. The van der Waals surface area contributed by atoms with Crippen molar-refractivity contribution in [3.8, 4) is 5.75 Å². The highest BCUT2D eigenvalue weighted by Crippen LogP contribution is 2.23. The van der Waals surface area contributed by atoms with E-state index in [0.717, 1.165) is 28.6 Å². The molecule has 0 N–H and O–H groups in total. The average Bonchev–Trinajstić information content (AvgIpc) is 2.18. The zero-order valence-corrected chi connectivity index (χ0v) is 8.98. The van der Waals surface area contributed by atoms with Gasteiger partial charge in [0.15, 0.2) is 0 Å². The summed E-state index contributed by atoms with van der Waals surface area (Å²) in [7, 11) is 1.61. The molecule has 15 heavy (non-hydrogen) atoms. The number of benzene rings is 1. The molecule has 4 nitrogen and oxygen atoms in total. The molecule has 0 heterocycles. The Labute approximate surface area is 88.3 Å². The molecule has 0 radical (unpaired) electrons. The van der Waals surface area contributed by atoms with E-state index in [0.29, 0.717) is 0 Å². The molecule has 0 fully saturated rings. The number of methoxy groups -OCH3 is 1. The van der Waals surface area contributed by atoms with Gasteiger partial charge in [-0.2, -0.15) is 0 Å². The second kappa shape index (κ2) is 4.59. The van der Waals surface area contributed by atoms with Crippen LogP contribution in [0.3, 0.4) is 0 Å². The fourth-order valence-corrected chi connectivity index (χ4v) is 1.35. The van der Waals surface area contributed by atoms with E-state index >= 15 is 0 Å². The van der Waals surface area contributed by atoms with Crippen LogP contribution in [0.25, 0.3) is 6.08 Å². The van der Waals surface area contributed by atoms with Gasteiger partial charge in [-0.1, -0.05) is 0 Å². The maximum Gasteiger partial charge on any atom is 0.235 e. The Morgan fingerprint density at radius 2 is 2.00 bits per heavy atom. The van der Waals surface area contributed by atoms with Crippen LogP contribution in [0.5, 0.6) is 5.75 Å². The van der Waals surface area contributed by atoms with Gasteiger partial charge in [-0.15, -0.1) is 0 Å². The third kappa shape index (κ3) is 2.80. The molecule has 0 atom stereocenters. The van der Waals surface area contributed by atoms with Crippen molar-refractivity contribution >= 4 is 6.08 Å². The molecule has 0 amide bonds. The molecule has 1 aromatic carbocycles. The molecule has 0 saturated heterocycles. The quantitative estimate of drug-likeness (QED) is 0.565. The van der Waals surface area contributed by atoms with Gasteiger partial charge in [-0.3, -0.25) is 10.1 Å². The lowest BCUT2D eigenvalue weighted by molar-refractivity contribution is -0.400. The van der Waals surface area contributed by atoms with E-state index < -0.39 is 4.92 Å². The van der Waals surface area contributed by atoms with Gasteiger partial charge in [0.05, 0.1) is 12.0 Å². The van der Waals surface area contributed by atoms with Crippen LogP contribution in [0, 0.1) is 24.0 Å². The van der Waals surface area contributed by atoms with Crippen molar-refractivity contribution in [2.45, 2.75) is 13.8 Å². The first-order chi connectivity index (χ1) is 7.04. The first kappa shape index (κ1) is 11.2. The number of hydrogen-bond acceptors (Lipinski definition) is 3. The van der Waals surface area contributed by atoms with Gasteiger partial charge >= 0.3 is 0 Å². The molecular formula is C11H13NO3. The zero-order chi connectivity index (χ0) is 11.4. The molecule has 80 valence electrons. The minimum Gasteiger partial charge on any atom is -0.496 e. The Balaban J connectivity index is 3.10. The average molecular weight is 207 g/mol. The summed E-state index contributed by atoms with van der Waals surface area (Å²) >= 11 is 0. The normalized spacial score (nSPS) is 10.6. The monoisotopic (exact) mass is 207 g/mol. The van der Waals surface area contributed by atoms with E-state index in [-0.39, 0.29) is 0 Å². The SMILES string of the molecule is COc1cc(C)c(C=C[N+](=O)[O-])cc1C. The van der Waals surface area contributed by atoms with Crippen LogP contribution in [0.4, 0.5) is 0 Å². The predicted molar refractivity (Wildman–Crippen MR) is 58.5 cm³/mol. The fourth-order valence-electron chi connectivity index (χ4n) is 1.35. The van der Waals surface area contributed by atoms with Crippen LogP contribution in [0.1, 0.15) is 16.7 Å². The van der Waals surface area contributed by atoms with Gasteiger partial charge in [-0.25, -0.2) is 0 Å². The van der Waals surface area contributed by atoms with Crippen LogP contribution >= 0.6 is 0 Å². The number of hydrogen-bond donors (Lipinski definition) is 0. The van der Waals surface area contributed by atoms with Crippen molar-refractivity contribution in [2.24, 2.45) is 0 Å². The fraction of sp³-hybridized carbons (Fsp3) is 0.273. The van der Waals surface area contributed by atoms with E-state index in [1.165, 1.54) is 6.08 Å². The molecule has 0 aliphatic heterocycles. The lowest BCUT2D eigenvalue weighted by Gasteiger charge is -2.07. The smallest absolute Gasteiger partial charge is 0.235 e. The van der Waals surface area contributed by atoms with Crippen LogP contribution < -0.4 is 4.74 Å². The minimum absolute atomic E-state index is 0.473. The number of nitrogens with zero attached hydrogens (tertiary/aromatic N) is 1. The summed E-state index contributed by atoms with van der Waals surface area (Å²) < 4.78 is 5.15. The van der Waals surface area contributed by atoms with E-state index in [4.69, 9.17) is 4.74 Å². The lowest BCUT2D eigenvalue weighted by Crippen LogP contribution is -1.91. The summed E-state index contributed by atoms with van der Waals surface area (Å²) in [5.74, 6) is 0.797. The summed E-state index contributed by atoms with van der Waals surface area (Å²) in [6.45, 7) is 3.79. The van der Waals surface area contributed by atoms with Gasteiger partial charge in [-0.05, 0) is 42.7 Å². The molecule has 0 bridgehead atoms. The summed E-state index contributed by atoms with van der Waals surface area (Å²) in [4.78, 5) is 9.71. The van der Waals surface area contributed by atoms with E-state index in [1.54, 1.807) is 7.11 Å². The maximum absolute atomic E-state index is 10.2. The van der Waals surface area contributed by atoms with Gasteiger partial charge in [0, 0.05) is 6.08 Å². The molecule has 1 aromatic rings. The first-order valence-corrected chi connectivity index (χ1v) is 4.51. The van der Waals surface area contributed by atoms with E-state index in [1.807, 2.05) is 26.0 Å². The summed E-state index contributed by atoms with van der Waals surface area (Å²) in [5.41, 5.74) is 2.76. The highest BCUT2D eigenvalue weighted by atomic mass is 16.6. The van der Waals surface area contributed by atoms with Gasteiger partial charge in [0.1, 0.15) is 5.75 Å². The molecule has 0 saturated carbocycles. The highest BCUT2D eigenvalue weighted by molar-refractivity contribution is 5.56. The second-order valence-corrected chi connectivity index (χ2v) is 3.28. The van der Waals surface area contributed by atoms with E-state index in [9.17, 15) is 10.1 Å². The summed E-state index contributed by atoms with van der Waals surface area (Å²) in [5, 5.41) is 10.2. The third-order valence-corrected chi connectivity index (χ3v) is 2.16. The van der Waals surface area contributed by atoms with Crippen molar-refractivity contribution in [3.05, 3.63) is 45.1 Å². The number of ether oxygens (including phenoxy) is 1. The van der Waals surface area contributed by atoms with Crippen molar-refractivity contribution in [1.82, 2.24) is 0 Å². The summed E-state index contributed by atoms with van der Waals surface area (Å²) in [6.07, 6.45) is 2.43.